The van der Waals surface area contributed by atoms with Crippen LogP contribution in [0.15, 0.2) is 23.6 Å². The Hall–Kier alpha value is -2.88. The molecule has 1 fully saturated rings. The van der Waals surface area contributed by atoms with Crippen molar-refractivity contribution in [3.8, 4) is 0 Å². The highest BCUT2D eigenvalue weighted by atomic mass is 32.1. The van der Waals surface area contributed by atoms with Crippen LogP contribution in [0.4, 0.5) is 13.9 Å². The van der Waals surface area contributed by atoms with Crippen LogP contribution < -0.4 is 5.32 Å². The summed E-state index contributed by atoms with van der Waals surface area (Å²) < 4.78 is 31.6. The van der Waals surface area contributed by atoms with Gasteiger partial charge in [-0.1, -0.05) is 0 Å². The zero-order valence-corrected chi connectivity index (χ0v) is 16.4. The second-order valence-electron chi connectivity index (χ2n) is 6.49. The van der Waals surface area contributed by atoms with Crippen LogP contribution in [0.1, 0.15) is 40.6 Å². The third-order valence-electron chi connectivity index (χ3n) is 4.40. The summed E-state index contributed by atoms with van der Waals surface area (Å²) >= 11 is 1.02. The molecule has 1 aromatic carbocycles. The molecule has 2 amide bonds. The van der Waals surface area contributed by atoms with Gasteiger partial charge in [-0.05, 0) is 31.9 Å². The molecule has 0 radical (unpaired) electrons. The summed E-state index contributed by atoms with van der Waals surface area (Å²) in [6.45, 7) is 2.76. The predicted molar refractivity (Wildman–Crippen MR) is 102 cm³/mol. The number of carbonyl (C=O) groups is 3. The van der Waals surface area contributed by atoms with Crippen LogP contribution >= 0.6 is 11.3 Å². The van der Waals surface area contributed by atoms with E-state index in [0.717, 1.165) is 23.5 Å². The van der Waals surface area contributed by atoms with Gasteiger partial charge in [0.25, 0.3) is 11.8 Å². The molecule has 0 aliphatic carbocycles. The largest absolute Gasteiger partial charge is 0.466 e. The number of piperidine rings is 1. The molecule has 2 aromatic rings. The van der Waals surface area contributed by atoms with Gasteiger partial charge in [-0.15, -0.1) is 11.3 Å². The van der Waals surface area contributed by atoms with Gasteiger partial charge in [0, 0.05) is 30.1 Å². The zero-order valence-electron chi connectivity index (χ0n) is 15.6. The molecule has 3 rings (SSSR count). The van der Waals surface area contributed by atoms with Crippen LogP contribution in [0, 0.1) is 17.6 Å². The molecule has 1 N–H and O–H groups in total. The van der Waals surface area contributed by atoms with E-state index in [0.29, 0.717) is 25.5 Å². The van der Waals surface area contributed by atoms with Gasteiger partial charge in [0.2, 0.25) is 0 Å². The summed E-state index contributed by atoms with van der Waals surface area (Å²) in [5.41, 5.74) is -0.0703. The fourth-order valence-corrected chi connectivity index (χ4v) is 3.74. The second-order valence-corrected chi connectivity index (χ2v) is 7.35. The minimum atomic E-state index is -0.869. The molecule has 29 heavy (non-hydrogen) atoms. The SMILES string of the molecule is CCOC(=O)C1CCCN(C(=O)c2csc(NC(=O)c3cc(F)cc(F)c3)n2)C1. The number of halogens is 2. The van der Waals surface area contributed by atoms with Gasteiger partial charge in [0.05, 0.1) is 12.5 Å². The summed E-state index contributed by atoms with van der Waals surface area (Å²) in [6.07, 6.45) is 1.33. The summed E-state index contributed by atoms with van der Waals surface area (Å²) in [6, 6.07) is 2.47. The van der Waals surface area contributed by atoms with Crippen molar-refractivity contribution in [3.05, 3.63) is 46.5 Å². The van der Waals surface area contributed by atoms with E-state index in [2.05, 4.69) is 10.3 Å². The number of carbonyl (C=O) groups excluding carboxylic acids is 3. The molecule has 10 heteroatoms. The van der Waals surface area contributed by atoms with Crippen molar-refractivity contribution in [2.45, 2.75) is 19.8 Å². The normalized spacial score (nSPS) is 16.4. The number of likely N-dealkylation sites (tertiary alicyclic amines) is 1. The molecule has 0 saturated carbocycles. The van der Waals surface area contributed by atoms with Crippen molar-refractivity contribution in [3.63, 3.8) is 0 Å². The Bertz CT molecular complexity index is 914. The molecule has 1 saturated heterocycles. The molecular weight excluding hydrogens is 404 g/mol. The predicted octanol–water partition coefficient (Wildman–Crippen LogP) is 3.09. The van der Waals surface area contributed by atoms with Crippen LogP contribution in [0.25, 0.3) is 0 Å². The first kappa shape index (κ1) is 20.8. The minimum Gasteiger partial charge on any atom is -0.466 e. The highest BCUT2D eigenvalue weighted by molar-refractivity contribution is 7.14. The molecule has 1 atom stereocenters. The highest BCUT2D eigenvalue weighted by Gasteiger charge is 2.30. The van der Waals surface area contributed by atoms with Gasteiger partial charge in [0.1, 0.15) is 17.3 Å². The van der Waals surface area contributed by atoms with E-state index in [1.807, 2.05) is 0 Å². The number of nitrogens with zero attached hydrogens (tertiary/aromatic N) is 2. The first-order valence-electron chi connectivity index (χ1n) is 9.06. The Balaban J connectivity index is 1.65. The van der Waals surface area contributed by atoms with Crippen molar-refractivity contribution >= 4 is 34.3 Å². The van der Waals surface area contributed by atoms with E-state index in [9.17, 15) is 23.2 Å². The molecular formula is C19H19F2N3O4S. The average molecular weight is 423 g/mol. The molecule has 1 aliphatic heterocycles. The van der Waals surface area contributed by atoms with Crippen LogP contribution in [0.5, 0.6) is 0 Å². The number of anilines is 1. The van der Waals surface area contributed by atoms with Crippen molar-refractivity contribution in [2.75, 3.05) is 25.0 Å². The Labute approximate surface area is 169 Å². The van der Waals surface area contributed by atoms with Gasteiger partial charge in [-0.25, -0.2) is 13.8 Å². The first-order valence-corrected chi connectivity index (χ1v) is 9.94. The Kier molecular flexibility index (Phi) is 6.53. The monoisotopic (exact) mass is 423 g/mol. The molecule has 7 nitrogen and oxygen atoms in total. The van der Waals surface area contributed by atoms with Crippen LogP contribution in [0.2, 0.25) is 0 Å². The van der Waals surface area contributed by atoms with E-state index >= 15 is 0 Å². The molecule has 0 spiro atoms. The third-order valence-corrected chi connectivity index (χ3v) is 5.15. The van der Waals surface area contributed by atoms with Gasteiger partial charge in [-0.2, -0.15) is 0 Å². The number of aromatic nitrogens is 1. The minimum absolute atomic E-state index is 0.125. The van der Waals surface area contributed by atoms with E-state index < -0.39 is 17.5 Å². The highest BCUT2D eigenvalue weighted by Crippen LogP contribution is 2.22. The number of rotatable bonds is 5. The number of nitrogens with one attached hydrogen (secondary N) is 1. The standard InChI is InChI=1S/C19H19F2N3O4S/c1-2-28-18(27)11-4-3-5-24(9-11)17(26)15-10-29-19(22-15)23-16(25)12-6-13(20)8-14(21)7-12/h6-8,10-11H,2-5,9H2,1H3,(H,22,23,25). The van der Waals surface area contributed by atoms with E-state index in [4.69, 9.17) is 4.74 Å². The Morgan fingerprint density at radius 2 is 2.00 bits per heavy atom. The topological polar surface area (TPSA) is 88.6 Å². The van der Waals surface area contributed by atoms with Crippen LogP contribution in [0.3, 0.4) is 0 Å². The van der Waals surface area contributed by atoms with E-state index in [-0.39, 0.29) is 47.3 Å². The lowest BCUT2D eigenvalue weighted by molar-refractivity contribution is -0.149. The summed E-state index contributed by atoms with van der Waals surface area (Å²) in [7, 11) is 0. The lowest BCUT2D eigenvalue weighted by Gasteiger charge is -2.31. The van der Waals surface area contributed by atoms with Crippen molar-refractivity contribution < 1.29 is 27.9 Å². The number of hydrogen-bond donors (Lipinski definition) is 1. The first-order chi connectivity index (χ1) is 13.9. The Morgan fingerprint density at radius 1 is 1.28 bits per heavy atom. The van der Waals surface area contributed by atoms with Crippen molar-refractivity contribution in [2.24, 2.45) is 5.92 Å². The second kappa shape index (κ2) is 9.08. The Morgan fingerprint density at radius 3 is 2.69 bits per heavy atom. The number of ether oxygens (including phenoxy) is 1. The molecule has 1 unspecified atom stereocenters. The average Bonchev–Trinajstić information content (AvgIpc) is 3.15. The summed E-state index contributed by atoms with van der Waals surface area (Å²) in [5, 5.41) is 4.04. The smallest absolute Gasteiger partial charge is 0.310 e. The van der Waals surface area contributed by atoms with Crippen LogP contribution in [-0.4, -0.2) is 47.4 Å². The fourth-order valence-electron chi connectivity index (χ4n) is 3.06. The molecule has 2 heterocycles. The summed E-state index contributed by atoms with van der Waals surface area (Å²) in [4.78, 5) is 42.4. The van der Waals surface area contributed by atoms with Crippen LogP contribution in [-0.2, 0) is 9.53 Å². The van der Waals surface area contributed by atoms with Gasteiger partial charge < -0.3 is 9.64 Å². The summed E-state index contributed by atoms with van der Waals surface area (Å²) in [5.74, 6) is -3.52. The van der Waals surface area contributed by atoms with Gasteiger partial charge in [-0.3, -0.25) is 19.7 Å². The number of benzene rings is 1. The lowest BCUT2D eigenvalue weighted by atomic mass is 9.98. The number of thiazole rings is 1. The lowest BCUT2D eigenvalue weighted by Crippen LogP contribution is -2.43. The van der Waals surface area contributed by atoms with E-state index in [1.54, 1.807) is 6.92 Å². The number of esters is 1. The van der Waals surface area contributed by atoms with Gasteiger partial charge >= 0.3 is 5.97 Å². The number of hydrogen-bond acceptors (Lipinski definition) is 6. The molecule has 0 bridgehead atoms. The maximum atomic E-state index is 13.3. The van der Waals surface area contributed by atoms with Crippen molar-refractivity contribution in [1.29, 1.82) is 0 Å². The third kappa shape index (κ3) is 5.14. The molecule has 154 valence electrons. The zero-order chi connectivity index (χ0) is 21.0. The maximum absolute atomic E-state index is 13.3. The molecule has 1 aliphatic rings. The maximum Gasteiger partial charge on any atom is 0.310 e. The van der Waals surface area contributed by atoms with Crippen molar-refractivity contribution in [1.82, 2.24) is 9.88 Å². The fraction of sp³-hybridized carbons (Fsp3) is 0.368. The van der Waals surface area contributed by atoms with Gasteiger partial charge in [0.15, 0.2) is 5.13 Å². The molecule has 1 aromatic heterocycles. The van der Waals surface area contributed by atoms with E-state index in [1.165, 1.54) is 10.3 Å². The quantitative estimate of drug-likeness (QED) is 0.747. The number of amides is 2.